The lowest BCUT2D eigenvalue weighted by atomic mass is 10.0. The Kier molecular flexibility index (Phi) is 1.38. The van der Waals surface area contributed by atoms with Crippen molar-refractivity contribution in [3.8, 4) is 0 Å². The van der Waals surface area contributed by atoms with Gasteiger partial charge in [-0.2, -0.15) is 0 Å². The first-order valence-corrected chi connectivity index (χ1v) is 2.86. The summed E-state index contributed by atoms with van der Waals surface area (Å²) in [6.45, 7) is 2.12. The molecular formula is C7H10O. The highest BCUT2D eigenvalue weighted by Gasteiger charge is 1.99. The summed E-state index contributed by atoms with van der Waals surface area (Å²) in [5.74, 6) is 1.01. The molecule has 1 aliphatic carbocycles. The zero-order valence-corrected chi connectivity index (χ0v) is 4.96. The molecule has 0 aromatic carbocycles. The average Bonchev–Trinajstić information content (AvgIpc) is 1.77. The van der Waals surface area contributed by atoms with Crippen LogP contribution in [0.3, 0.4) is 0 Å². The standard InChI is InChI=1S/C7H10O/c1-6-2-4-7(8)5-3-6/h2,4-6,8H,3H2,1H3/t6-/m1/s1. The van der Waals surface area contributed by atoms with E-state index in [0.29, 0.717) is 11.7 Å². The summed E-state index contributed by atoms with van der Waals surface area (Å²) in [7, 11) is 0. The Morgan fingerprint density at radius 3 is 2.88 bits per heavy atom. The van der Waals surface area contributed by atoms with Crippen molar-refractivity contribution in [2.45, 2.75) is 13.3 Å². The Hall–Kier alpha value is -0.720. The maximum absolute atomic E-state index is 8.80. The fourth-order valence-electron chi connectivity index (χ4n) is 0.716. The minimum atomic E-state index is 0.406. The van der Waals surface area contributed by atoms with Gasteiger partial charge in [0, 0.05) is 0 Å². The lowest BCUT2D eigenvalue weighted by molar-refractivity contribution is 0.422. The summed E-state index contributed by atoms with van der Waals surface area (Å²) in [4.78, 5) is 0. The first-order chi connectivity index (χ1) is 3.79. The van der Waals surface area contributed by atoms with Gasteiger partial charge in [-0.3, -0.25) is 0 Å². The highest BCUT2D eigenvalue weighted by atomic mass is 16.3. The molecule has 1 atom stereocenters. The normalized spacial score (nSPS) is 27.6. The van der Waals surface area contributed by atoms with E-state index in [-0.39, 0.29) is 0 Å². The van der Waals surface area contributed by atoms with Gasteiger partial charge < -0.3 is 5.11 Å². The second-order valence-corrected chi connectivity index (χ2v) is 2.20. The molecule has 0 bridgehead atoms. The summed E-state index contributed by atoms with van der Waals surface area (Å²) in [6.07, 6.45) is 6.57. The van der Waals surface area contributed by atoms with E-state index in [2.05, 4.69) is 6.92 Å². The molecule has 0 spiro atoms. The third-order valence-electron chi connectivity index (χ3n) is 1.29. The van der Waals surface area contributed by atoms with Crippen molar-refractivity contribution in [1.82, 2.24) is 0 Å². The van der Waals surface area contributed by atoms with E-state index in [1.54, 1.807) is 6.08 Å². The summed E-state index contributed by atoms with van der Waals surface area (Å²) in [5.41, 5.74) is 0. The van der Waals surface area contributed by atoms with E-state index in [1.807, 2.05) is 12.2 Å². The molecule has 8 heavy (non-hydrogen) atoms. The van der Waals surface area contributed by atoms with Gasteiger partial charge >= 0.3 is 0 Å². The molecule has 0 saturated heterocycles. The fraction of sp³-hybridized carbons (Fsp3) is 0.429. The molecule has 1 rings (SSSR count). The number of aliphatic hydroxyl groups excluding tert-OH is 1. The summed E-state index contributed by atoms with van der Waals surface area (Å²) < 4.78 is 0. The number of allylic oxidation sites excluding steroid dienone is 3. The van der Waals surface area contributed by atoms with Crippen molar-refractivity contribution in [1.29, 1.82) is 0 Å². The van der Waals surface area contributed by atoms with Crippen LogP contribution in [0.25, 0.3) is 0 Å². The number of hydrogen-bond donors (Lipinski definition) is 1. The molecule has 1 nitrogen and oxygen atoms in total. The van der Waals surface area contributed by atoms with Gasteiger partial charge in [0.15, 0.2) is 0 Å². The monoisotopic (exact) mass is 110 g/mol. The summed E-state index contributed by atoms with van der Waals surface area (Å²) in [5, 5.41) is 8.80. The highest BCUT2D eigenvalue weighted by Crippen LogP contribution is 2.12. The third-order valence-corrected chi connectivity index (χ3v) is 1.29. The van der Waals surface area contributed by atoms with E-state index < -0.39 is 0 Å². The number of aliphatic hydroxyl groups is 1. The fourth-order valence-corrected chi connectivity index (χ4v) is 0.716. The molecule has 1 heteroatoms. The number of rotatable bonds is 0. The summed E-state index contributed by atoms with van der Waals surface area (Å²) in [6, 6.07) is 0. The minimum absolute atomic E-state index is 0.406. The largest absolute Gasteiger partial charge is 0.508 e. The van der Waals surface area contributed by atoms with Crippen LogP contribution in [0.5, 0.6) is 0 Å². The smallest absolute Gasteiger partial charge is 0.111 e. The van der Waals surface area contributed by atoms with Crippen LogP contribution in [0.2, 0.25) is 0 Å². The van der Waals surface area contributed by atoms with Crippen LogP contribution in [-0.4, -0.2) is 5.11 Å². The van der Waals surface area contributed by atoms with Crippen molar-refractivity contribution in [2.24, 2.45) is 5.92 Å². The van der Waals surface area contributed by atoms with Crippen LogP contribution in [0.4, 0.5) is 0 Å². The second-order valence-electron chi connectivity index (χ2n) is 2.20. The average molecular weight is 110 g/mol. The second kappa shape index (κ2) is 2.03. The SMILES string of the molecule is C[C@@H]1C=CC(O)=CC1. The molecule has 0 amide bonds. The Balaban J connectivity index is 2.58. The van der Waals surface area contributed by atoms with Gasteiger partial charge in [-0.15, -0.1) is 0 Å². The molecule has 0 radical (unpaired) electrons. The molecule has 0 saturated carbocycles. The molecule has 0 aliphatic heterocycles. The molecule has 1 aliphatic rings. The Bertz CT molecular complexity index is 133. The van der Waals surface area contributed by atoms with E-state index >= 15 is 0 Å². The lowest BCUT2D eigenvalue weighted by Crippen LogP contribution is -1.92. The molecule has 1 N–H and O–H groups in total. The molecule has 0 fully saturated rings. The predicted octanol–water partition coefficient (Wildman–Crippen LogP) is 2.02. The summed E-state index contributed by atoms with van der Waals surface area (Å²) >= 11 is 0. The zero-order chi connectivity index (χ0) is 5.98. The first kappa shape index (κ1) is 5.42. The van der Waals surface area contributed by atoms with Gasteiger partial charge in [0.25, 0.3) is 0 Å². The van der Waals surface area contributed by atoms with Crippen molar-refractivity contribution in [3.63, 3.8) is 0 Å². The quantitative estimate of drug-likeness (QED) is 0.505. The minimum Gasteiger partial charge on any atom is -0.508 e. The molecule has 0 heterocycles. The van der Waals surface area contributed by atoms with Crippen LogP contribution < -0.4 is 0 Å². The molecule has 0 aromatic rings. The molecule has 0 unspecified atom stereocenters. The Morgan fingerprint density at radius 2 is 2.50 bits per heavy atom. The van der Waals surface area contributed by atoms with Crippen LogP contribution >= 0.6 is 0 Å². The van der Waals surface area contributed by atoms with Crippen molar-refractivity contribution >= 4 is 0 Å². The lowest BCUT2D eigenvalue weighted by Gasteiger charge is -2.05. The first-order valence-electron chi connectivity index (χ1n) is 2.86. The van der Waals surface area contributed by atoms with E-state index in [0.717, 1.165) is 6.42 Å². The van der Waals surface area contributed by atoms with Gasteiger partial charge in [0.1, 0.15) is 5.76 Å². The van der Waals surface area contributed by atoms with Crippen molar-refractivity contribution in [3.05, 3.63) is 24.0 Å². The zero-order valence-electron chi connectivity index (χ0n) is 4.96. The van der Waals surface area contributed by atoms with Gasteiger partial charge in [-0.1, -0.05) is 13.0 Å². The topological polar surface area (TPSA) is 20.2 Å². The van der Waals surface area contributed by atoms with Crippen LogP contribution in [-0.2, 0) is 0 Å². The van der Waals surface area contributed by atoms with E-state index in [1.165, 1.54) is 0 Å². The van der Waals surface area contributed by atoms with Gasteiger partial charge in [0.2, 0.25) is 0 Å². The maximum atomic E-state index is 8.80. The van der Waals surface area contributed by atoms with Gasteiger partial charge in [-0.05, 0) is 24.5 Å². The molecule has 44 valence electrons. The number of hydrogen-bond acceptors (Lipinski definition) is 1. The van der Waals surface area contributed by atoms with Gasteiger partial charge in [0.05, 0.1) is 0 Å². The molecule has 0 aromatic heterocycles. The maximum Gasteiger partial charge on any atom is 0.111 e. The van der Waals surface area contributed by atoms with Crippen molar-refractivity contribution < 1.29 is 5.11 Å². The third kappa shape index (κ3) is 1.12. The molecular weight excluding hydrogens is 100 g/mol. The van der Waals surface area contributed by atoms with Crippen LogP contribution in [0, 0.1) is 5.92 Å². The van der Waals surface area contributed by atoms with E-state index in [4.69, 9.17) is 5.11 Å². The Labute approximate surface area is 49.3 Å². The highest BCUT2D eigenvalue weighted by molar-refractivity contribution is 5.15. The Morgan fingerprint density at radius 1 is 1.75 bits per heavy atom. The van der Waals surface area contributed by atoms with Gasteiger partial charge in [-0.25, -0.2) is 0 Å². The van der Waals surface area contributed by atoms with Crippen LogP contribution in [0.1, 0.15) is 13.3 Å². The van der Waals surface area contributed by atoms with Crippen LogP contribution in [0.15, 0.2) is 24.0 Å². The predicted molar refractivity (Wildman–Crippen MR) is 33.6 cm³/mol. The van der Waals surface area contributed by atoms with E-state index in [9.17, 15) is 0 Å². The van der Waals surface area contributed by atoms with Crippen molar-refractivity contribution in [2.75, 3.05) is 0 Å².